The summed E-state index contributed by atoms with van der Waals surface area (Å²) in [7, 11) is 0. The molecular weight excluding hydrogens is 238 g/mol. The van der Waals surface area contributed by atoms with Crippen molar-refractivity contribution in [2.45, 2.75) is 47.0 Å². The SMILES string of the molecule is CCOC(=O)C1CC1CN1CCC(C)(C(C)C)CC1. The number of ether oxygens (including phenoxy) is 1. The van der Waals surface area contributed by atoms with Crippen molar-refractivity contribution in [2.75, 3.05) is 26.2 Å². The standard InChI is InChI=1S/C16H29NO2/c1-5-19-15(18)14-10-13(14)11-17-8-6-16(4,7-9-17)12(2)3/h12-14H,5-11H2,1-4H3. The fourth-order valence-corrected chi connectivity index (χ4v) is 3.14. The van der Waals surface area contributed by atoms with Crippen molar-refractivity contribution in [3.8, 4) is 0 Å². The van der Waals surface area contributed by atoms with Crippen LogP contribution in [0.2, 0.25) is 0 Å². The molecule has 1 aliphatic heterocycles. The molecule has 0 aromatic rings. The summed E-state index contributed by atoms with van der Waals surface area (Å²) in [5.74, 6) is 1.54. The third-order valence-corrected chi connectivity index (χ3v) is 5.40. The highest BCUT2D eigenvalue weighted by Crippen LogP contribution is 2.42. The molecule has 0 N–H and O–H groups in total. The predicted octanol–water partition coefficient (Wildman–Crippen LogP) is 2.94. The Hall–Kier alpha value is -0.570. The van der Waals surface area contributed by atoms with E-state index in [1.807, 2.05) is 6.92 Å². The van der Waals surface area contributed by atoms with Crippen molar-refractivity contribution in [1.82, 2.24) is 4.90 Å². The van der Waals surface area contributed by atoms with Gasteiger partial charge in [-0.15, -0.1) is 0 Å². The summed E-state index contributed by atoms with van der Waals surface area (Å²) < 4.78 is 5.09. The number of rotatable bonds is 5. The van der Waals surface area contributed by atoms with E-state index in [9.17, 15) is 4.79 Å². The van der Waals surface area contributed by atoms with Gasteiger partial charge in [0.15, 0.2) is 0 Å². The lowest BCUT2D eigenvalue weighted by Gasteiger charge is -2.42. The molecule has 1 heterocycles. The number of hydrogen-bond acceptors (Lipinski definition) is 3. The van der Waals surface area contributed by atoms with Gasteiger partial charge in [-0.3, -0.25) is 4.79 Å². The molecule has 1 saturated heterocycles. The van der Waals surface area contributed by atoms with Crippen LogP contribution in [0.3, 0.4) is 0 Å². The first-order chi connectivity index (χ1) is 8.96. The number of esters is 1. The van der Waals surface area contributed by atoms with Crippen LogP contribution >= 0.6 is 0 Å². The molecule has 3 nitrogen and oxygen atoms in total. The maximum Gasteiger partial charge on any atom is 0.309 e. The molecule has 2 aliphatic rings. The zero-order valence-electron chi connectivity index (χ0n) is 12.9. The average Bonchev–Trinajstić information content (AvgIpc) is 3.12. The molecule has 110 valence electrons. The van der Waals surface area contributed by atoms with Crippen molar-refractivity contribution in [2.24, 2.45) is 23.2 Å². The van der Waals surface area contributed by atoms with Crippen molar-refractivity contribution in [3.63, 3.8) is 0 Å². The van der Waals surface area contributed by atoms with Gasteiger partial charge in [0.2, 0.25) is 0 Å². The largest absolute Gasteiger partial charge is 0.466 e. The van der Waals surface area contributed by atoms with Crippen LogP contribution in [0.1, 0.15) is 47.0 Å². The number of carbonyl (C=O) groups excluding carboxylic acids is 1. The molecule has 2 atom stereocenters. The topological polar surface area (TPSA) is 29.5 Å². The molecule has 0 spiro atoms. The Morgan fingerprint density at radius 2 is 2.00 bits per heavy atom. The lowest BCUT2D eigenvalue weighted by molar-refractivity contribution is -0.145. The molecule has 0 aromatic heterocycles. The minimum Gasteiger partial charge on any atom is -0.466 e. The minimum atomic E-state index is 0.0246. The second kappa shape index (κ2) is 5.82. The first kappa shape index (κ1) is 14.8. The van der Waals surface area contributed by atoms with Crippen molar-refractivity contribution >= 4 is 5.97 Å². The predicted molar refractivity (Wildman–Crippen MR) is 76.8 cm³/mol. The highest BCUT2D eigenvalue weighted by Gasteiger charge is 2.45. The molecule has 0 aromatic carbocycles. The van der Waals surface area contributed by atoms with Gasteiger partial charge in [0.1, 0.15) is 0 Å². The molecule has 0 radical (unpaired) electrons. The highest BCUT2D eigenvalue weighted by atomic mass is 16.5. The Kier molecular flexibility index (Phi) is 4.54. The molecule has 2 rings (SSSR count). The van der Waals surface area contributed by atoms with Crippen LogP contribution in [0, 0.1) is 23.2 Å². The van der Waals surface area contributed by atoms with E-state index >= 15 is 0 Å². The number of hydrogen-bond donors (Lipinski definition) is 0. The van der Waals surface area contributed by atoms with Gasteiger partial charge in [-0.25, -0.2) is 0 Å². The van der Waals surface area contributed by atoms with Crippen LogP contribution in [0.4, 0.5) is 0 Å². The molecule has 2 fully saturated rings. The lowest BCUT2D eigenvalue weighted by Crippen LogP contribution is -2.42. The smallest absolute Gasteiger partial charge is 0.309 e. The maximum atomic E-state index is 11.6. The van der Waals surface area contributed by atoms with Crippen LogP contribution in [0.25, 0.3) is 0 Å². The van der Waals surface area contributed by atoms with Gasteiger partial charge in [0.25, 0.3) is 0 Å². The maximum absolute atomic E-state index is 11.6. The molecular formula is C16H29NO2. The van der Waals surface area contributed by atoms with E-state index < -0.39 is 0 Å². The molecule has 1 aliphatic carbocycles. The molecule has 3 heteroatoms. The monoisotopic (exact) mass is 267 g/mol. The van der Waals surface area contributed by atoms with E-state index in [0.717, 1.165) is 18.9 Å². The number of piperidine rings is 1. The van der Waals surface area contributed by atoms with Gasteiger partial charge in [-0.2, -0.15) is 0 Å². The molecule has 1 saturated carbocycles. The number of carbonyl (C=O) groups is 1. The molecule has 2 unspecified atom stereocenters. The molecule has 19 heavy (non-hydrogen) atoms. The van der Waals surface area contributed by atoms with Gasteiger partial charge >= 0.3 is 5.97 Å². The van der Waals surface area contributed by atoms with Crippen LogP contribution in [0.15, 0.2) is 0 Å². The van der Waals surface area contributed by atoms with Gasteiger partial charge in [0.05, 0.1) is 12.5 Å². The summed E-state index contributed by atoms with van der Waals surface area (Å²) in [5.41, 5.74) is 0.514. The highest BCUT2D eigenvalue weighted by molar-refractivity contribution is 5.75. The summed E-state index contributed by atoms with van der Waals surface area (Å²) in [6.07, 6.45) is 3.62. The van der Waals surface area contributed by atoms with Gasteiger partial charge in [-0.1, -0.05) is 20.8 Å². The van der Waals surface area contributed by atoms with Gasteiger partial charge < -0.3 is 9.64 Å². The first-order valence-corrected chi connectivity index (χ1v) is 7.85. The van der Waals surface area contributed by atoms with E-state index in [-0.39, 0.29) is 11.9 Å². The second-order valence-corrected chi connectivity index (χ2v) is 6.96. The third kappa shape index (κ3) is 3.50. The van der Waals surface area contributed by atoms with Crippen molar-refractivity contribution in [3.05, 3.63) is 0 Å². The summed E-state index contributed by atoms with van der Waals surface area (Å²) in [5, 5.41) is 0. The molecule has 0 bridgehead atoms. The Morgan fingerprint density at radius 3 is 2.53 bits per heavy atom. The van der Waals surface area contributed by atoms with Crippen molar-refractivity contribution < 1.29 is 9.53 Å². The third-order valence-electron chi connectivity index (χ3n) is 5.40. The quantitative estimate of drug-likeness (QED) is 0.717. The normalized spacial score (nSPS) is 30.4. The van der Waals surface area contributed by atoms with Crippen molar-refractivity contribution in [1.29, 1.82) is 0 Å². The number of nitrogens with zero attached hydrogens (tertiary/aromatic N) is 1. The summed E-state index contributed by atoms with van der Waals surface area (Å²) in [4.78, 5) is 14.2. The van der Waals surface area contributed by atoms with E-state index in [2.05, 4.69) is 25.7 Å². The Balaban J connectivity index is 1.72. The first-order valence-electron chi connectivity index (χ1n) is 7.85. The van der Waals surface area contributed by atoms with Crippen LogP contribution in [0.5, 0.6) is 0 Å². The Bertz CT molecular complexity index is 319. The summed E-state index contributed by atoms with van der Waals surface area (Å²) in [6, 6.07) is 0. The van der Waals surface area contributed by atoms with E-state index in [0.29, 0.717) is 17.9 Å². The second-order valence-electron chi connectivity index (χ2n) is 6.96. The number of likely N-dealkylation sites (tertiary alicyclic amines) is 1. The minimum absolute atomic E-state index is 0.0246. The molecule has 0 amide bonds. The fourth-order valence-electron chi connectivity index (χ4n) is 3.14. The van der Waals surface area contributed by atoms with Gasteiger partial charge in [0, 0.05) is 6.54 Å². The van der Waals surface area contributed by atoms with E-state index in [4.69, 9.17) is 4.74 Å². The van der Waals surface area contributed by atoms with Crippen LogP contribution < -0.4 is 0 Å². The zero-order chi connectivity index (χ0) is 14.0. The Morgan fingerprint density at radius 1 is 1.37 bits per heavy atom. The van der Waals surface area contributed by atoms with Crippen LogP contribution in [-0.2, 0) is 9.53 Å². The summed E-state index contributed by atoms with van der Waals surface area (Å²) >= 11 is 0. The van der Waals surface area contributed by atoms with E-state index in [1.165, 1.54) is 25.9 Å². The Labute approximate surface area is 117 Å². The lowest BCUT2D eigenvalue weighted by atomic mass is 9.72. The summed E-state index contributed by atoms with van der Waals surface area (Å²) in [6.45, 7) is 13.0. The van der Waals surface area contributed by atoms with E-state index in [1.54, 1.807) is 0 Å². The fraction of sp³-hybridized carbons (Fsp3) is 0.938. The van der Waals surface area contributed by atoms with Gasteiger partial charge in [-0.05, 0) is 56.5 Å². The zero-order valence-corrected chi connectivity index (χ0v) is 12.9. The average molecular weight is 267 g/mol. The van der Waals surface area contributed by atoms with Crippen LogP contribution in [-0.4, -0.2) is 37.1 Å².